The Morgan fingerprint density at radius 2 is 1.90 bits per heavy atom. The van der Waals surface area contributed by atoms with Crippen molar-refractivity contribution in [3.8, 4) is 11.4 Å². The number of carbonyl (C=O) groups excluding carboxylic acids is 1. The number of amides is 1. The Bertz CT molecular complexity index is 1160. The highest BCUT2D eigenvalue weighted by Crippen LogP contribution is 2.29. The minimum absolute atomic E-state index is 0.152. The summed E-state index contributed by atoms with van der Waals surface area (Å²) in [6.07, 6.45) is 0. The van der Waals surface area contributed by atoms with Crippen LogP contribution in [-0.4, -0.2) is 25.7 Å². The maximum absolute atomic E-state index is 14.4. The van der Waals surface area contributed by atoms with Crippen LogP contribution in [0.1, 0.15) is 18.2 Å². The number of nitrogens with zero attached hydrogens (tertiary/aromatic N) is 4. The van der Waals surface area contributed by atoms with E-state index in [1.54, 1.807) is 18.2 Å². The van der Waals surface area contributed by atoms with Crippen LogP contribution < -0.4 is 5.32 Å². The van der Waals surface area contributed by atoms with Gasteiger partial charge in [-0.05, 0) is 17.7 Å². The Hall–Kier alpha value is -3.04. The summed E-state index contributed by atoms with van der Waals surface area (Å²) in [7, 11) is 0. The molecule has 0 aliphatic heterocycles. The van der Waals surface area contributed by atoms with Crippen molar-refractivity contribution in [2.45, 2.75) is 24.4 Å². The molecule has 0 radical (unpaired) electrons. The van der Waals surface area contributed by atoms with Crippen LogP contribution in [0.4, 0.5) is 9.52 Å². The molecular weight excluding hydrogens is 421 g/mol. The highest BCUT2D eigenvalue weighted by molar-refractivity contribution is 7.98. The molecule has 4 rings (SSSR count). The minimum atomic E-state index is -0.338. The zero-order valence-corrected chi connectivity index (χ0v) is 17.7. The molecule has 2 aromatic heterocycles. The molecule has 2 aromatic carbocycles. The van der Waals surface area contributed by atoms with Gasteiger partial charge in [0.25, 0.3) is 0 Å². The highest BCUT2D eigenvalue weighted by atomic mass is 32.2. The molecular formula is C21H18FN5OS2. The number of carbonyl (C=O) groups is 1. The second-order valence-electron chi connectivity index (χ2n) is 6.47. The summed E-state index contributed by atoms with van der Waals surface area (Å²) in [6, 6.07) is 16.5. The number of anilines is 1. The fourth-order valence-corrected chi connectivity index (χ4v) is 4.56. The number of thiazole rings is 1. The summed E-state index contributed by atoms with van der Waals surface area (Å²) in [5.41, 5.74) is 2.31. The zero-order chi connectivity index (χ0) is 20.9. The van der Waals surface area contributed by atoms with Gasteiger partial charge in [-0.25, -0.2) is 9.37 Å². The van der Waals surface area contributed by atoms with E-state index in [0.29, 0.717) is 34.0 Å². The van der Waals surface area contributed by atoms with E-state index in [2.05, 4.69) is 20.5 Å². The normalized spacial score (nSPS) is 10.9. The Kier molecular flexibility index (Phi) is 6.20. The van der Waals surface area contributed by atoms with E-state index in [0.717, 1.165) is 11.3 Å². The van der Waals surface area contributed by atoms with Crippen molar-refractivity contribution in [2.24, 2.45) is 0 Å². The molecule has 0 spiro atoms. The summed E-state index contributed by atoms with van der Waals surface area (Å²) in [6.45, 7) is 1.97. The van der Waals surface area contributed by atoms with Gasteiger partial charge in [0.15, 0.2) is 16.1 Å². The molecule has 0 bridgehead atoms. The zero-order valence-electron chi connectivity index (χ0n) is 16.1. The number of benzene rings is 2. The summed E-state index contributed by atoms with van der Waals surface area (Å²) in [5.74, 6) is 0.549. The molecule has 6 nitrogen and oxygen atoms in total. The molecule has 4 aromatic rings. The predicted octanol–water partition coefficient (Wildman–Crippen LogP) is 4.84. The third-order valence-corrected chi connectivity index (χ3v) is 6.01. The van der Waals surface area contributed by atoms with E-state index < -0.39 is 0 Å². The van der Waals surface area contributed by atoms with Gasteiger partial charge in [0, 0.05) is 18.1 Å². The Morgan fingerprint density at radius 1 is 1.13 bits per heavy atom. The van der Waals surface area contributed by atoms with Crippen LogP contribution in [0.15, 0.2) is 65.1 Å². The van der Waals surface area contributed by atoms with Gasteiger partial charge in [0.05, 0.1) is 17.8 Å². The van der Waals surface area contributed by atoms with Crippen molar-refractivity contribution >= 4 is 34.1 Å². The first-order chi connectivity index (χ1) is 14.6. The smallest absolute Gasteiger partial charge is 0.223 e. The first-order valence-electron chi connectivity index (χ1n) is 9.17. The average molecular weight is 440 g/mol. The van der Waals surface area contributed by atoms with E-state index in [4.69, 9.17) is 0 Å². The van der Waals surface area contributed by atoms with Crippen molar-refractivity contribution in [1.29, 1.82) is 0 Å². The van der Waals surface area contributed by atoms with Gasteiger partial charge in [0.1, 0.15) is 5.82 Å². The highest BCUT2D eigenvalue weighted by Gasteiger charge is 2.18. The Balaban J connectivity index is 1.61. The summed E-state index contributed by atoms with van der Waals surface area (Å²) in [4.78, 5) is 15.6. The van der Waals surface area contributed by atoms with Gasteiger partial charge < -0.3 is 5.32 Å². The van der Waals surface area contributed by atoms with E-state index >= 15 is 0 Å². The largest absolute Gasteiger partial charge is 0.302 e. The molecule has 2 heterocycles. The lowest BCUT2D eigenvalue weighted by Crippen LogP contribution is -2.05. The fraction of sp³-hybridized carbons (Fsp3) is 0.143. The molecule has 1 amide bonds. The number of halogens is 1. The van der Waals surface area contributed by atoms with E-state index in [9.17, 15) is 9.18 Å². The van der Waals surface area contributed by atoms with Gasteiger partial charge in [0.2, 0.25) is 5.91 Å². The molecule has 9 heteroatoms. The second kappa shape index (κ2) is 9.19. The van der Waals surface area contributed by atoms with Crippen LogP contribution in [0, 0.1) is 5.82 Å². The topological polar surface area (TPSA) is 72.7 Å². The number of rotatable bonds is 7. The van der Waals surface area contributed by atoms with Crippen molar-refractivity contribution in [3.05, 3.63) is 77.1 Å². The fourth-order valence-electron chi connectivity index (χ4n) is 2.87. The molecule has 152 valence electrons. The van der Waals surface area contributed by atoms with Crippen molar-refractivity contribution in [2.75, 3.05) is 5.32 Å². The standard InChI is InChI=1S/C21H18FN5OS2/c1-14(28)23-20-24-16(12-29-20)13-30-21-26-25-19(17-9-5-6-10-18(17)22)27(21)11-15-7-3-2-4-8-15/h2-10,12H,11,13H2,1H3,(H,23,24,28). The van der Waals surface area contributed by atoms with Crippen molar-refractivity contribution < 1.29 is 9.18 Å². The van der Waals surface area contributed by atoms with Crippen LogP contribution in [0.2, 0.25) is 0 Å². The SMILES string of the molecule is CC(=O)Nc1nc(CSc2nnc(-c3ccccc3F)n2Cc2ccccc2)cs1. The van der Waals surface area contributed by atoms with Gasteiger partial charge in [-0.3, -0.25) is 9.36 Å². The third-order valence-electron chi connectivity index (χ3n) is 4.20. The van der Waals surface area contributed by atoms with E-state index in [1.807, 2.05) is 40.3 Å². The molecule has 0 unspecified atom stereocenters. The number of aromatic nitrogens is 4. The molecule has 0 aliphatic rings. The molecule has 0 saturated carbocycles. The molecule has 30 heavy (non-hydrogen) atoms. The Labute approximate surface area is 181 Å². The average Bonchev–Trinajstić information content (AvgIpc) is 3.34. The number of thioether (sulfide) groups is 1. The number of hydrogen-bond acceptors (Lipinski definition) is 6. The number of nitrogens with one attached hydrogen (secondary N) is 1. The third kappa shape index (κ3) is 4.74. The van der Waals surface area contributed by atoms with E-state index in [1.165, 1.54) is 36.1 Å². The maximum Gasteiger partial charge on any atom is 0.223 e. The quantitative estimate of drug-likeness (QED) is 0.417. The minimum Gasteiger partial charge on any atom is -0.302 e. The van der Waals surface area contributed by atoms with E-state index in [-0.39, 0.29) is 11.7 Å². The lowest BCUT2D eigenvalue weighted by Gasteiger charge is -2.10. The Morgan fingerprint density at radius 3 is 2.67 bits per heavy atom. The van der Waals surface area contributed by atoms with Crippen LogP contribution in [-0.2, 0) is 17.1 Å². The molecule has 0 saturated heterocycles. The first-order valence-corrected chi connectivity index (χ1v) is 11.0. The lowest BCUT2D eigenvalue weighted by atomic mass is 10.2. The molecule has 1 N–H and O–H groups in total. The van der Waals surface area contributed by atoms with Gasteiger partial charge >= 0.3 is 0 Å². The predicted molar refractivity (Wildman–Crippen MR) is 117 cm³/mol. The van der Waals surface area contributed by atoms with Crippen LogP contribution in [0.5, 0.6) is 0 Å². The van der Waals surface area contributed by atoms with Gasteiger partial charge in [-0.1, -0.05) is 54.2 Å². The van der Waals surface area contributed by atoms with Crippen molar-refractivity contribution in [1.82, 2.24) is 19.7 Å². The van der Waals surface area contributed by atoms with Crippen LogP contribution in [0.3, 0.4) is 0 Å². The van der Waals surface area contributed by atoms with Gasteiger partial charge in [-0.2, -0.15) is 0 Å². The monoisotopic (exact) mass is 439 g/mol. The van der Waals surface area contributed by atoms with Crippen LogP contribution in [0.25, 0.3) is 11.4 Å². The summed E-state index contributed by atoms with van der Waals surface area (Å²) >= 11 is 2.85. The molecule has 0 atom stereocenters. The van der Waals surface area contributed by atoms with Crippen molar-refractivity contribution in [3.63, 3.8) is 0 Å². The second-order valence-corrected chi connectivity index (χ2v) is 8.27. The summed E-state index contributed by atoms with van der Waals surface area (Å²) in [5, 5.41) is 14.4. The maximum atomic E-state index is 14.4. The molecule has 0 fully saturated rings. The first kappa shape index (κ1) is 20.2. The number of hydrogen-bond donors (Lipinski definition) is 1. The lowest BCUT2D eigenvalue weighted by molar-refractivity contribution is -0.114. The van der Waals surface area contributed by atoms with Gasteiger partial charge in [-0.15, -0.1) is 21.5 Å². The molecule has 0 aliphatic carbocycles. The summed E-state index contributed by atoms with van der Waals surface area (Å²) < 4.78 is 16.3. The van der Waals surface area contributed by atoms with Crippen LogP contribution >= 0.6 is 23.1 Å².